The van der Waals surface area contributed by atoms with Gasteiger partial charge in [0.15, 0.2) is 6.29 Å². The summed E-state index contributed by atoms with van der Waals surface area (Å²) in [5.41, 5.74) is 0. The molecule has 1 aliphatic rings. The maximum absolute atomic E-state index is 13.2. The minimum absolute atomic E-state index is 0.169. The van der Waals surface area contributed by atoms with Crippen LogP contribution in [0, 0.1) is 0 Å². The fraction of sp³-hybridized carbons (Fsp3) is 0.857. The predicted octanol–water partition coefficient (Wildman–Crippen LogP) is 20.9. The summed E-state index contributed by atoms with van der Waals surface area (Å²) in [6.07, 6.45) is 84.9. The Hall–Kier alpha value is -2.11. The number of carbonyl (C=O) groups excluding carboxylic acids is 1. The summed E-state index contributed by atoms with van der Waals surface area (Å²) in [4.78, 5) is 13.2. The second-order valence-electron chi connectivity index (χ2n) is 26.1. The number of aliphatic hydroxyl groups excluding tert-OH is 5. The zero-order valence-corrected chi connectivity index (χ0v) is 56.6. The Morgan fingerprint density at radius 2 is 0.721 bits per heavy atom. The summed E-state index contributed by atoms with van der Waals surface area (Å²) in [6, 6.07) is -0.806. The van der Waals surface area contributed by atoms with Gasteiger partial charge in [0.2, 0.25) is 5.91 Å². The Bertz CT molecular complexity index is 1540. The van der Waals surface area contributed by atoms with Gasteiger partial charge in [0.05, 0.1) is 25.4 Å². The molecule has 1 rings (SSSR count). The first-order valence-corrected chi connectivity index (χ1v) is 37.5. The molecule has 504 valence electrons. The molecule has 1 heterocycles. The Morgan fingerprint density at radius 1 is 0.407 bits per heavy atom. The van der Waals surface area contributed by atoms with E-state index in [0.29, 0.717) is 6.42 Å². The number of nitrogens with one attached hydrogen (secondary N) is 1. The highest BCUT2D eigenvalue weighted by molar-refractivity contribution is 5.76. The summed E-state index contributed by atoms with van der Waals surface area (Å²) in [5.74, 6) is -0.169. The molecule has 7 atom stereocenters. The third-order valence-electron chi connectivity index (χ3n) is 17.8. The van der Waals surface area contributed by atoms with Crippen LogP contribution in [0.4, 0.5) is 0 Å². The average molecular weight is 1210 g/mol. The molecule has 0 aliphatic carbocycles. The number of aliphatic hydroxyl groups is 5. The lowest BCUT2D eigenvalue weighted by Gasteiger charge is -2.40. The number of hydrogen-bond acceptors (Lipinski definition) is 8. The van der Waals surface area contributed by atoms with Gasteiger partial charge < -0.3 is 40.3 Å². The monoisotopic (exact) mass is 1210 g/mol. The first kappa shape index (κ1) is 81.9. The third kappa shape index (κ3) is 53.7. The quantitative estimate of drug-likeness (QED) is 0.0261. The van der Waals surface area contributed by atoms with Crippen molar-refractivity contribution < 1.29 is 39.8 Å². The van der Waals surface area contributed by atoms with Crippen LogP contribution in [0.3, 0.4) is 0 Å². The van der Waals surface area contributed by atoms with Gasteiger partial charge in [-0.3, -0.25) is 4.79 Å². The van der Waals surface area contributed by atoms with E-state index >= 15 is 0 Å². The van der Waals surface area contributed by atoms with Gasteiger partial charge in [0.25, 0.3) is 0 Å². The highest BCUT2D eigenvalue weighted by Crippen LogP contribution is 2.24. The number of allylic oxidation sites excluding steroid dienone is 9. The standard InChI is InChI=1S/C77H143NO8/c1-3-5-7-9-11-13-15-17-19-21-23-25-27-29-31-32-33-34-35-36-37-38-39-40-41-43-45-47-49-51-53-55-57-59-61-63-65-67-73(81)78-70(69-85-77-76(84)75(83)74(82)72(68-79)86-77)71(80)66-64-62-60-58-56-54-52-50-48-46-44-42-30-28-26-24-22-20-18-16-14-12-10-8-6-4-2/h5,7,11,13,17,19,23,25,64,66,70-72,74-77,79-80,82-84H,3-4,6,8-10,12,14-16,18,20-22,24,26-63,65,67-69H2,1-2H3,(H,78,81)/b7-5-,13-11-,19-17-,25-23-,66-64+. The number of hydrogen-bond donors (Lipinski definition) is 6. The molecular weight excluding hydrogens is 1070 g/mol. The lowest BCUT2D eigenvalue weighted by atomic mass is 9.99. The maximum Gasteiger partial charge on any atom is 0.220 e. The second kappa shape index (κ2) is 65.8. The van der Waals surface area contributed by atoms with E-state index in [4.69, 9.17) is 9.47 Å². The van der Waals surface area contributed by atoms with Gasteiger partial charge in [-0.05, 0) is 57.8 Å². The fourth-order valence-electron chi connectivity index (χ4n) is 12.0. The van der Waals surface area contributed by atoms with Crippen molar-refractivity contribution in [3.63, 3.8) is 0 Å². The molecule has 9 heteroatoms. The molecule has 1 amide bonds. The van der Waals surface area contributed by atoms with Crippen molar-refractivity contribution >= 4 is 5.91 Å². The van der Waals surface area contributed by atoms with Crippen LogP contribution in [0.25, 0.3) is 0 Å². The lowest BCUT2D eigenvalue weighted by Crippen LogP contribution is -2.60. The van der Waals surface area contributed by atoms with Gasteiger partial charge in [-0.1, -0.05) is 364 Å². The SMILES string of the molecule is CC/C=C\C/C=C\C/C=C\C/C=C\CCCCCCCCCCCCCCCCCCCCCCCCCCC(=O)NC(COC1OC(CO)C(O)C(O)C1O)C(O)/C=C/CCCCCCCCCCCCCCCCCCCCCCCCCC. The molecule has 9 nitrogen and oxygen atoms in total. The van der Waals surface area contributed by atoms with Gasteiger partial charge >= 0.3 is 0 Å². The molecule has 7 unspecified atom stereocenters. The van der Waals surface area contributed by atoms with E-state index in [-0.39, 0.29) is 12.5 Å². The molecule has 1 aliphatic heterocycles. The molecule has 0 bridgehead atoms. The van der Waals surface area contributed by atoms with Gasteiger partial charge in [-0.25, -0.2) is 0 Å². The van der Waals surface area contributed by atoms with Crippen LogP contribution in [0.1, 0.15) is 367 Å². The number of carbonyl (C=O) groups is 1. The van der Waals surface area contributed by atoms with E-state index in [9.17, 15) is 30.3 Å². The maximum atomic E-state index is 13.2. The Labute approximate surface area is 532 Å². The molecule has 1 fully saturated rings. The molecule has 0 spiro atoms. The largest absolute Gasteiger partial charge is 0.394 e. The van der Waals surface area contributed by atoms with Gasteiger partial charge in [-0.15, -0.1) is 0 Å². The van der Waals surface area contributed by atoms with Crippen LogP contribution >= 0.6 is 0 Å². The fourth-order valence-corrected chi connectivity index (χ4v) is 12.0. The van der Waals surface area contributed by atoms with Crippen molar-refractivity contribution in [3.8, 4) is 0 Å². The van der Waals surface area contributed by atoms with Crippen molar-refractivity contribution in [1.29, 1.82) is 0 Å². The van der Waals surface area contributed by atoms with Gasteiger partial charge in [0.1, 0.15) is 24.4 Å². The van der Waals surface area contributed by atoms with E-state index in [1.165, 1.54) is 283 Å². The molecule has 0 radical (unpaired) electrons. The molecule has 0 aromatic heterocycles. The minimum atomic E-state index is -1.57. The van der Waals surface area contributed by atoms with E-state index in [1.54, 1.807) is 6.08 Å². The Balaban J connectivity index is 2.07. The summed E-state index contributed by atoms with van der Waals surface area (Å²) in [6.45, 7) is 3.72. The molecule has 6 N–H and O–H groups in total. The highest BCUT2D eigenvalue weighted by atomic mass is 16.7. The summed E-state index contributed by atoms with van der Waals surface area (Å²) >= 11 is 0. The normalized spacial score (nSPS) is 18.3. The van der Waals surface area contributed by atoms with Crippen LogP contribution in [0.5, 0.6) is 0 Å². The first-order chi connectivity index (χ1) is 42.3. The van der Waals surface area contributed by atoms with Crippen molar-refractivity contribution in [2.75, 3.05) is 13.2 Å². The molecule has 0 aromatic rings. The van der Waals surface area contributed by atoms with Crippen LogP contribution < -0.4 is 5.32 Å². The van der Waals surface area contributed by atoms with Crippen molar-refractivity contribution in [1.82, 2.24) is 5.32 Å². The van der Waals surface area contributed by atoms with E-state index in [0.717, 1.165) is 64.2 Å². The topological polar surface area (TPSA) is 149 Å². The summed E-state index contributed by atoms with van der Waals surface area (Å²) in [5, 5.41) is 54.8. The number of rotatable bonds is 66. The third-order valence-corrected chi connectivity index (χ3v) is 17.8. The van der Waals surface area contributed by atoms with Gasteiger partial charge in [-0.2, -0.15) is 0 Å². The number of amides is 1. The molecular formula is C77H143NO8. The summed E-state index contributed by atoms with van der Waals surface area (Å²) < 4.78 is 11.3. The molecule has 1 saturated heterocycles. The van der Waals surface area contributed by atoms with E-state index in [2.05, 4.69) is 67.8 Å². The van der Waals surface area contributed by atoms with Crippen LogP contribution in [0.15, 0.2) is 60.8 Å². The van der Waals surface area contributed by atoms with Crippen molar-refractivity contribution in [2.45, 2.75) is 410 Å². The predicted molar refractivity (Wildman–Crippen MR) is 369 cm³/mol. The van der Waals surface area contributed by atoms with Crippen LogP contribution in [-0.2, 0) is 14.3 Å². The molecule has 86 heavy (non-hydrogen) atoms. The number of ether oxygens (including phenoxy) is 2. The zero-order chi connectivity index (χ0) is 62.1. The molecule has 0 saturated carbocycles. The smallest absolute Gasteiger partial charge is 0.220 e. The zero-order valence-electron chi connectivity index (χ0n) is 56.6. The Kier molecular flexibility index (Phi) is 62.7. The summed E-state index contributed by atoms with van der Waals surface area (Å²) in [7, 11) is 0. The van der Waals surface area contributed by atoms with E-state index in [1.807, 2.05) is 6.08 Å². The second-order valence-corrected chi connectivity index (χ2v) is 26.1. The van der Waals surface area contributed by atoms with Gasteiger partial charge in [0, 0.05) is 6.42 Å². The highest BCUT2D eigenvalue weighted by Gasteiger charge is 2.44. The first-order valence-electron chi connectivity index (χ1n) is 37.5. The molecule has 0 aromatic carbocycles. The number of unbranched alkanes of at least 4 members (excludes halogenated alkanes) is 48. The van der Waals surface area contributed by atoms with Crippen molar-refractivity contribution in [3.05, 3.63) is 60.8 Å². The lowest BCUT2D eigenvalue weighted by molar-refractivity contribution is -0.302. The van der Waals surface area contributed by atoms with Crippen molar-refractivity contribution in [2.24, 2.45) is 0 Å². The van der Waals surface area contributed by atoms with Crippen LogP contribution in [0.2, 0.25) is 0 Å². The average Bonchev–Trinajstić information content (AvgIpc) is 2.44. The minimum Gasteiger partial charge on any atom is -0.394 e. The van der Waals surface area contributed by atoms with E-state index < -0.39 is 49.5 Å². The Morgan fingerprint density at radius 3 is 1.07 bits per heavy atom. The van der Waals surface area contributed by atoms with Crippen LogP contribution in [-0.4, -0.2) is 87.5 Å².